The standard InChI is InChI=1S/C11H10BrN3O2S/c1-7-2-4-13-11(10(7)15(16)17)14-6-9-8(12)3-5-18-9/h2-5H,6H2,1H3,(H,13,14). The molecule has 0 unspecified atom stereocenters. The second-order valence-electron chi connectivity index (χ2n) is 3.63. The van der Waals surface area contributed by atoms with Gasteiger partial charge in [0.05, 0.1) is 11.5 Å². The van der Waals surface area contributed by atoms with E-state index in [0.717, 1.165) is 9.35 Å². The van der Waals surface area contributed by atoms with Crippen molar-refractivity contribution in [2.75, 3.05) is 5.32 Å². The van der Waals surface area contributed by atoms with Crippen LogP contribution in [0.1, 0.15) is 10.4 Å². The first-order chi connectivity index (χ1) is 8.59. The number of thiophene rings is 1. The molecular formula is C11H10BrN3O2S. The van der Waals surface area contributed by atoms with E-state index < -0.39 is 4.92 Å². The van der Waals surface area contributed by atoms with Crippen LogP contribution >= 0.6 is 27.3 Å². The van der Waals surface area contributed by atoms with E-state index in [1.54, 1.807) is 30.5 Å². The van der Waals surface area contributed by atoms with Crippen LogP contribution in [0, 0.1) is 17.0 Å². The Morgan fingerprint density at radius 1 is 1.56 bits per heavy atom. The second kappa shape index (κ2) is 5.45. The number of nitrogens with one attached hydrogen (secondary N) is 1. The highest BCUT2D eigenvalue weighted by Gasteiger charge is 2.18. The maximum atomic E-state index is 11.0. The summed E-state index contributed by atoms with van der Waals surface area (Å²) in [5.74, 6) is 0.306. The second-order valence-corrected chi connectivity index (χ2v) is 5.48. The normalized spacial score (nSPS) is 10.3. The van der Waals surface area contributed by atoms with Gasteiger partial charge in [-0.25, -0.2) is 4.98 Å². The first-order valence-electron chi connectivity index (χ1n) is 5.15. The molecule has 0 aromatic carbocycles. The molecule has 0 bridgehead atoms. The minimum absolute atomic E-state index is 0.0326. The van der Waals surface area contributed by atoms with Crippen LogP contribution in [0.5, 0.6) is 0 Å². The van der Waals surface area contributed by atoms with Gasteiger partial charge in [-0.05, 0) is 40.4 Å². The van der Waals surface area contributed by atoms with E-state index in [0.29, 0.717) is 17.9 Å². The fraction of sp³-hybridized carbons (Fsp3) is 0.182. The van der Waals surface area contributed by atoms with Crippen LogP contribution in [0.15, 0.2) is 28.2 Å². The maximum absolute atomic E-state index is 11.0. The average Bonchev–Trinajstić information content (AvgIpc) is 2.71. The molecule has 2 rings (SSSR count). The van der Waals surface area contributed by atoms with Gasteiger partial charge in [0.25, 0.3) is 0 Å². The summed E-state index contributed by atoms with van der Waals surface area (Å²) in [6.07, 6.45) is 1.56. The highest BCUT2D eigenvalue weighted by atomic mass is 79.9. The molecule has 0 atom stereocenters. The summed E-state index contributed by atoms with van der Waals surface area (Å²) in [7, 11) is 0. The van der Waals surface area contributed by atoms with E-state index in [1.165, 1.54) is 0 Å². The van der Waals surface area contributed by atoms with Crippen molar-refractivity contribution in [3.63, 3.8) is 0 Å². The molecule has 1 N–H and O–H groups in total. The van der Waals surface area contributed by atoms with Crippen LogP contribution in [-0.4, -0.2) is 9.91 Å². The molecule has 2 aromatic rings. The molecule has 0 spiro atoms. The van der Waals surface area contributed by atoms with Gasteiger partial charge in [0.15, 0.2) is 0 Å². The number of rotatable bonds is 4. The Kier molecular flexibility index (Phi) is 3.93. The molecule has 5 nitrogen and oxygen atoms in total. The molecule has 18 heavy (non-hydrogen) atoms. The van der Waals surface area contributed by atoms with Gasteiger partial charge < -0.3 is 5.32 Å². The summed E-state index contributed by atoms with van der Waals surface area (Å²) in [4.78, 5) is 15.7. The summed E-state index contributed by atoms with van der Waals surface area (Å²) in [6, 6.07) is 3.57. The SMILES string of the molecule is Cc1ccnc(NCc2sccc2Br)c1[N+](=O)[O-]. The molecule has 2 heterocycles. The first-order valence-corrected chi connectivity index (χ1v) is 6.82. The predicted molar refractivity (Wildman–Crippen MR) is 75.0 cm³/mol. The molecule has 0 aliphatic carbocycles. The molecule has 0 aliphatic heterocycles. The summed E-state index contributed by atoms with van der Waals surface area (Å²) in [5.41, 5.74) is 0.632. The quantitative estimate of drug-likeness (QED) is 0.686. The van der Waals surface area contributed by atoms with Crippen LogP contribution in [0.25, 0.3) is 0 Å². The van der Waals surface area contributed by atoms with Gasteiger partial charge in [-0.3, -0.25) is 10.1 Å². The van der Waals surface area contributed by atoms with Crippen molar-refractivity contribution >= 4 is 38.8 Å². The first kappa shape index (κ1) is 13.0. The van der Waals surface area contributed by atoms with Crippen molar-refractivity contribution in [2.24, 2.45) is 0 Å². The molecule has 0 radical (unpaired) electrons. The lowest BCUT2D eigenvalue weighted by molar-refractivity contribution is -0.384. The van der Waals surface area contributed by atoms with Crippen LogP contribution in [-0.2, 0) is 6.54 Å². The number of nitro groups is 1. The van der Waals surface area contributed by atoms with Gasteiger partial charge in [0.2, 0.25) is 5.82 Å². The third-order valence-electron chi connectivity index (χ3n) is 2.42. The Balaban J connectivity index is 2.22. The van der Waals surface area contributed by atoms with Crippen LogP contribution < -0.4 is 5.32 Å². The lowest BCUT2D eigenvalue weighted by Gasteiger charge is -2.06. The smallest absolute Gasteiger partial charge is 0.314 e. The molecule has 7 heteroatoms. The van der Waals surface area contributed by atoms with E-state index in [-0.39, 0.29) is 5.69 Å². The molecule has 0 fully saturated rings. The van der Waals surface area contributed by atoms with Crippen molar-refractivity contribution < 1.29 is 4.92 Å². The number of pyridine rings is 1. The number of hydrogen-bond acceptors (Lipinski definition) is 5. The zero-order chi connectivity index (χ0) is 13.1. The lowest BCUT2D eigenvalue weighted by Crippen LogP contribution is -2.05. The van der Waals surface area contributed by atoms with E-state index >= 15 is 0 Å². The van der Waals surface area contributed by atoms with E-state index in [1.807, 2.05) is 11.4 Å². The van der Waals surface area contributed by atoms with Crippen molar-refractivity contribution in [1.82, 2.24) is 4.98 Å². The van der Waals surface area contributed by atoms with Crippen LogP contribution in [0.4, 0.5) is 11.5 Å². The number of anilines is 1. The van der Waals surface area contributed by atoms with Crippen molar-refractivity contribution in [1.29, 1.82) is 0 Å². The lowest BCUT2D eigenvalue weighted by atomic mass is 10.2. The van der Waals surface area contributed by atoms with Crippen LogP contribution in [0.2, 0.25) is 0 Å². The van der Waals surface area contributed by atoms with E-state index in [9.17, 15) is 10.1 Å². The van der Waals surface area contributed by atoms with Gasteiger partial charge >= 0.3 is 5.69 Å². The Morgan fingerprint density at radius 3 is 2.94 bits per heavy atom. The van der Waals surface area contributed by atoms with E-state index in [2.05, 4.69) is 26.2 Å². The zero-order valence-electron chi connectivity index (χ0n) is 9.51. The third-order valence-corrected chi connectivity index (χ3v) is 4.34. The fourth-order valence-corrected chi connectivity index (χ4v) is 2.96. The molecule has 0 amide bonds. The average molecular weight is 328 g/mol. The predicted octanol–water partition coefficient (Wildman–Crippen LogP) is 3.73. The Morgan fingerprint density at radius 2 is 2.33 bits per heavy atom. The molecule has 94 valence electrons. The highest BCUT2D eigenvalue weighted by molar-refractivity contribution is 9.10. The minimum Gasteiger partial charge on any atom is -0.359 e. The monoisotopic (exact) mass is 327 g/mol. The van der Waals surface area contributed by atoms with Crippen molar-refractivity contribution in [3.8, 4) is 0 Å². The summed E-state index contributed by atoms with van der Waals surface area (Å²) in [6.45, 7) is 2.21. The highest BCUT2D eigenvalue weighted by Crippen LogP contribution is 2.28. The summed E-state index contributed by atoms with van der Waals surface area (Å²) in [5, 5.41) is 16.0. The Labute approximate surface area is 116 Å². The minimum atomic E-state index is -0.409. The summed E-state index contributed by atoms with van der Waals surface area (Å²) >= 11 is 5.00. The molecular weight excluding hydrogens is 318 g/mol. The molecule has 0 saturated heterocycles. The van der Waals surface area contributed by atoms with Crippen molar-refractivity contribution in [2.45, 2.75) is 13.5 Å². The largest absolute Gasteiger partial charge is 0.359 e. The van der Waals surface area contributed by atoms with Gasteiger partial charge in [0.1, 0.15) is 0 Å². The van der Waals surface area contributed by atoms with E-state index in [4.69, 9.17) is 0 Å². The number of halogens is 1. The Bertz CT molecular complexity index is 585. The maximum Gasteiger partial charge on any atom is 0.314 e. The number of aryl methyl sites for hydroxylation is 1. The van der Waals surface area contributed by atoms with Gasteiger partial charge in [0, 0.05) is 21.1 Å². The topological polar surface area (TPSA) is 68.1 Å². The number of aromatic nitrogens is 1. The molecule has 2 aromatic heterocycles. The van der Waals surface area contributed by atoms with Gasteiger partial charge in [-0.1, -0.05) is 0 Å². The number of nitrogens with zero attached hydrogens (tertiary/aromatic N) is 2. The molecule has 0 saturated carbocycles. The van der Waals surface area contributed by atoms with Crippen LogP contribution in [0.3, 0.4) is 0 Å². The zero-order valence-corrected chi connectivity index (χ0v) is 11.9. The fourth-order valence-electron chi connectivity index (χ4n) is 1.53. The van der Waals surface area contributed by atoms with Crippen molar-refractivity contribution in [3.05, 3.63) is 48.7 Å². The molecule has 0 aliphatic rings. The number of hydrogen-bond donors (Lipinski definition) is 1. The third kappa shape index (κ3) is 2.68. The van der Waals surface area contributed by atoms with Gasteiger partial charge in [-0.15, -0.1) is 11.3 Å². The van der Waals surface area contributed by atoms with Gasteiger partial charge in [-0.2, -0.15) is 0 Å². The Hall–Kier alpha value is -1.47. The summed E-state index contributed by atoms with van der Waals surface area (Å²) < 4.78 is 0.996.